The number of pyridine rings is 1. The Morgan fingerprint density at radius 1 is 0.833 bits per heavy atom. The van der Waals surface area contributed by atoms with Crippen molar-refractivity contribution in [2.45, 2.75) is 23.5 Å². The van der Waals surface area contributed by atoms with Gasteiger partial charge in [0.2, 0.25) is 11.8 Å². The number of hydrogen-bond acceptors (Lipinski definition) is 7. The van der Waals surface area contributed by atoms with Gasteiger partial charge in [0.05, 0.1) is 5.25 Å². The van der Waals surface area contributed by atoms with E-state index in [1.807, 2.05) is 67.6 Å². The van der Waals surface area contributed by atoms with E-state index >= 15 is 0 Å². The maximum absolute atomic E-state index is 13.4. The van der Waals surface area contributed by atoms with Gasteiger partial charge in [0, 0.05) is 39.8 Å². The Labute approximate surface area is 281 Å². The Balaban J connectivity index is 1.11. The van der Waals surface area contributed by atoms with Crippen LogP contribution in [0.4, 0.5) is 11.4 Å². The van der Waals surface area contributed by atoms with E-state index in [0.717, 1.165) is 16.0 Å². The molecule has 9 nitrogen and oxygen atoms in total. The first-order valence-corrected chi connectivity index (χ1v) is 16.2. The predicted molar refractivity (Wildman–Crippen MR) is 189 cm³/mol. The number of carbonyl (C=O) groups excluding carboxylic acids is 3. The maximum atomic E-state index is 13.4. The summed E-state index contributed by atoms with van der Waals surface area (Å²) in [6.45, 7) is 1.95. The smallest absolute Gasteiger partial charge is 0.272 e. The molecule has 238 valence electrons. The lowest BCUT2D eigenvalue weighted by atomic mass is 10.2. The Bertz CT molecular complexity index is 2050. The lowest BCUT2D eigenvalue weighted by Crippen LogP contribution is -2.30. The molecule has 2 heterocycles. The summed E-state index contributed by atoms with van der Waals surface area (Å²) in [6, 6.07) is 34.4. The first-order valence-electron chi connectivity index (χ1n) is 15.3. The Hall–Kier alpha value is -6.00. The van der Waals surface area contributed by atoms with E-state index in [9.17, 15) is 14.4 Å². The molecule has 3 amide bonds. The number of amides is 3. The monoisotopic (exact) mass is 653 g/mol. The fourth-order valence-electron chi connectivity index (χ4n) is 4.82. The highest BCUT2D eigenvalue weighted by Gasteiger charge is 2.20. The van der Waals surface area contributed by atoms with Gasteiger partial charge in [-0.15, -0.1) is 11.8 Å². The van der Waals surface area contributed by atoms with Gasteiger partial charge in [0.1, 0.15) is 11.2 Å². The molecule has 2 aromatic heterocycles. The molecule has 0 spiro atoms. The van der Waals surface area contributed by atoms with Gasteiger partial charge in [-0.25, -0.2) is 4.98 Å². The SMILES string of the molecule is CCC(Sc1cccc(NC(=O)/C(=C/c2cccnc2)NC(=O)c2ccccc2)c1)C(=O)Nc1ccc(-c2nc3ccccc3o2)cc1. The molecule has 0 aliphatic heterocycles. The fraction of sp³-hybridized carbons (Fsp3) is 0.0789. The summed E-state index contributed by atoms with van der Waals surface area (Å²) < 4.78 is 5.85. The second-order valence-corrected chi connectivity index (χ2v) is 12.0. The van der Waals surface area contributed by atoms with Crippen LogP contribution in [0, 0.1) is 0 Å². The third-order valence-electron chi connectivity index (χ3n) is 7.25. The van der Waals surface area contributed by atoms with E-state index in [4.69, 9.17) is 4.42 Å². The van der Waals surface area contributed by atoms with Crippen molar-refractivity contribution in [2.75, 3.05) is 10.6 Å². The van der Waals surface area contributed by atoms with Gasteiger partial charge in [-0.1, -0.05) is 49.4 Å². The summed E-state index contributed by atoms with van der Waals surface area (Å²) in [7, 11) is 0. The minimum atomic E-state index is -0.503. The number of hydrogen-bond donors (Lipinski definition) is 3. The molecule has 0 aliphatic carbocycles. The van der Waals surface area contributed by atoms with Crippen molar-refractivity contribution < 1.29 is 18.8 Å². The highest BCUT2D eigenvalue weighted by atomic mass is 32.2. The van der Waals surface area contributed by atoms with Crippen LogP contribution < -0.4 is 16.0 Å². The van der Waals surface area contributed by atoms with Crippen molar-refractivity contribution in [2.24, 2.45) is 0 Å². The largest absolute Gasteiger partial charge is 0.436 e. The number of benzene rings is 4. The number of thioether (sulfide) groups is 1. The molecule has 0 fully saturated rings. The average molecular weight is 654 g/mol. The zero-order valence-electron chi connectivity index (χ0n) is 25.9. The summed E-state index contributed by atoms with van der Waals surface area (Å²) >= 11 is 1.40. The fourth-order valence-corrected chi connectivity index (χ4v) is 5.83. The van der Waals surface area contributed by atoms with E-state index in [1.165, 1.54) is 11.8 Å². The number of anilines is 2. The van der Waals surface area contributed by atoms with Crippen LogP contribution in [-0.2, 0) is 9.59 Å². The van der Waals surface area contributed by atoms with E-state index in [2.05, 4.69) is 25.9 Å². The van der Waals surface area contributed by atoms with Crippen LogP contribution in [0.5, 0.6) is 0 Å². The highest BCUT2D eigenvalue weighted by molar-refractivity contribution is 8.00. The standard InChI is InChI=1S/C38H31N5O4S/c1-2-34(37(46)40-28-19-17-27(18-20-28)38-43-31-15-6-7-16-33(31)47-38)48-30-14-8-13-29(23-30)41-36(45)32(22-25-10-9-21-39-24-25)42-35(44)26-11-4-3-5-12-26/h3-24,34H,2H2,1H3,(H,40,46)(H,41,45)(H,42,44)/b32-22-. The minimum Gasteiger partial charge on any atom is -0.436 e. The zero-order chi connectivity index (χ0) is 33.3. The Morgan fingerprint density at radius 3 is 2.38 bits per heavy atom. The van der Waals surface area contributed by atoms with Gasteiger partial charge in [-0.2, -0.15) is 0 Å². The van der Waals surface area contributed by atoms with Crippen molar-refractivity contribution in [1.82, 2.24) is 15.3 Å². The van der Waals surface area contributed by atoms with Crippen LogP contribution in [0.3, 0.4) is 0 Å². The molecule has 0 bridgehead atoms. The molecule has 3 N–H and O–H groups in total. The van der Waals surface area contributed by atoms with Gasteiger partial charge in [-0.3, -0.25) is 19.4 Å². The first-order chi connectivity index (χ1) is 23.4. The lowest BCUT2D eigenvalue weighted by molar-refractivity contribution is -0.116. The highest BCUT2D eigenvalue weighted by Crippen LogP contribution is 2.30. The van der Waals surface area contributed by atoms with Crippen LogP contribution in [0.25, 0.3) is 28.6 Å². The number of para-hydroxylation sites is 2. The predicted octanol–water partition coefficient (Wildman–Crippen LogP) is 7.81. The summed E-state index contributed by atoms with van der Waals surface area (Å²) in [4.78, 5) is 49.1. The van der Waals surface area contributed by atoms with E-state index in [0.29, 0.717) is 40.4 Å². The van der Waals surface area contributed by atoms with Crippen molar-refractivity contribution in [3.8, 4) is 11.5 Å². The van der Waals surface area contributed by atoms with E-state index in [-0.39, 0.29) is 16.9 Å². The summed E-state index contributed by atoms with van der Waals surface area (Å²) in [6.07, 6.45) is 5.38. The number of nitrogens with zero attached hydrogens (tertiary/aromatic N) is 2. The van der Waals surface area contributed by atoms with Crippen LogP contribution in [0.15, 0.2) is 143 Å². The van der Waals surface area contributed by atoms with Gasteiger partial charge < -0.3 is 20.4 Å². The van der Waals surface area contributed by atoms with Crippen LogP contribution >= 0.6 is 11.8 Å². The number of aromatic nitrogens is 2. The quantitative estimate of drug-likeness (QED) is 0.0962. The molecule has 4 aromatic carbocycles. The molecule has 6 aromatic rings. The number of oxazole rings is 1. The first kappa shape index (κ1) is 32.0. The van der Waals surface area contributed by atoms with Gasteiger partial charge >= 0.3 is 0 Å². The number of nitrogens with one attached hydrogen (secondary N) is 3. The van der Waals surface area contributed by atoms with Gasteiger partial charge in [0.15, 0.2) is 5.58 Å². The van der Waals surface area contributed by atoms with Gasteiger partial charge in [0.25, 0.3) is 11.8 Å². The lowest BCUT2D eigenvalue weighted by Gasteiger charge is -2.16. The molecule has 1 atom stereocenters. The van der Waals surface area contributed by atoms with Crippen molar-refractivity contribution in [3.63, 3.8) is 0 Å². The topological polar surface area (TPSA) is 126 Å². The number of rotatable bonds is 11. The normalized spacial score (nSPS) is 11.9. The van der Waals surface area contributed by atoms with E-state index < -0.39 is 11.8 Å². The van der Waals surface area contributed by atoms with Gasteiger partial charge in [-0.05, 0) is 90.9 Å². The molecular formula is C38H31N5O4S. The second kappa shape index (κ2) is 15.1. The molecule has 1 unspecified atom stereocenters. The molecule has 0 saturated heterocycles. The average Bonchev–Trinajstić information content (AvgIpc) is 3.56. The number of fused-ring (bicyclic) bond motifs is 1. The second-order valence-electron chi connectivity index (χ2n) is 10.7. The molecule has 0 radical (unpaired) electrons. The van der Waals surface area contributed by atoms with Crippen molar-refractivity contribution >= 4 is 58.0 Å². The van der Waals surface area contributed by atoms with Crippen LogP contribution in [-0.4, -0.2) is 32.9 Å². The Kier molecular flexibility index (Phi) is 10.0. The zero-order valence-corrected chi connectivity index (χ0v) is 26.7. The Morgan fingerprint density at radius 2 is 1.62 bits per heavy atom. The minimum absolute atomic E-state index is 0.0582. The number of carbonyl (C=O) groups is 3. The molecule has 0 aliphatic rings. The van der Waals surface area contributed by atoms with Crippen LogP contribution in [0.2, 0.25) is 0 Å². The van der Waals surface area contributed by atoms with Crippen LogP contribution in [0.1, 0.15) is 29.3 Å². The third kappa shape index (κ3) is 8.04. The molecule has 48 heavy (non-hydrogen) atoms. The maximum Gasteiger partial charge on any atom is 0.272 e. The summed E-state index contributed by atoms with van der Waals surface area (Å²) in [5.74, 6) is -0.544. The van der Waals surface area contributed by atoms with Crippen molar-refractivity contribution in [1.29, 1.82) is 0 Å². The third-order valence-corrected chi connectivity index (χ3v) is 8.61. The molecule has 0 saturated carbocycles. The van der Waals surface area contributed by atoms with Crippen molar-refractivity contribution in [3.05, 3.63) is 144 Å². The molecule has 6 rings (SSSR count). The summed E-state index contributed by atoms with van der Waals surface area (Å²) in [5.41, 5.74) is 4.61. The molecule has 10 heteroatoms. The molecular weight excluding hydrogens is 623 g/mol. The summed E-state index contributed by atoms with van der Waals surface area (Å²) in [5, 5.41) is 8.22. The van der Waals surface area contributed by atoms with E-state index in [1.54, 1.807) is 73.1 Å².